The third-order valence-electron chi connectivity index (χ3n) is 4.19. The van der Waals surface area contributed by atoms with E-state index in [4.69, 9.17) is 25.8 Å². The van der Waals surface area contributed by atoms with Crippen LogP contribution in [0.5, 0.6) is 17.2 Å². The van der Waals surface area contributed by atoms with Crippen LogP contribution < -0.4 is 19.6 Å². The van der Waals surface area contributed by atoms with Crippen LogP contribution in [0.3, 0.4) is 0 Å². The Morgan fingerprint density at radius 2 is 2.10 bits per heavy atom. The molecule has 2 aromatic carbocycles. The largest absolute Gasteiger partial charge is 0.486 e. The minimum absolute atomic E-state index is 0.0958. The molecule has 1 aliphatic rings. The number of hydrogen-bond donors (Lipinski definition) is 1. The monoisotopic (exact) mass is 504 g/mol. The van der Waals surface area contributed by atoms with Crippen molar-refractivity contribution in [2.75, 3.05) is 12.2 Å². The highest BCUT2D eigenvalue weighted by Crippen LogP contribution is 2.36. The van der Waals surface area contributed by atoms with E-state index in [1.807, 2.05) is 18.2 Å². The number of aromatic nitrogens is 1. The van der Waals surface area contributed by atoms with Gasteiger partial charge in [0.05, 0.1) is 20.6 Å². The van der Waals surface area contributed by atoms with Gasteiger partial charge in [0, 0.05) is 6.07 Å². The van der Waals surface area contributed by atoms with Gasteiger partial charge < -0.3 is 14.2 Å². The van der Waals surface area contributed by atoms with Gasteiger partial charge >= 0.3 is 0 Å². The first kappa shape index (κ1) is 20.9. The molecule has 0 unspecified atom stereocenters. The molecule has 1 aliphatic heterocycles. The Hall–Kier alpha value is -3.37. The van der Waals surface area contributed by atoms with Gasteiger partial charge in [0.25, 0.3) is 5.69 Å². The van der Waals surface area contributed by atoms with Gasteiger partial charge in [0.1, 0.15) is 18.6 Å². The summed E-state index contributed by atoms with van der Waals surface area (Å²) in [6.07, 6.45) is 2.69. The number of fused-ring (bicyclic) bond motifs is 1. The zero-order valence-electron chi connectivity index (χ0n) is 15.7. The van der Waals surface area contributed by atoms with Crippen molar-refractivity contribution in [3.05, 3.63) is 79.4 Å². The van der Waals surface area contributed by atoms with Gasteiger partial charge in [-0.05, 0) is 57.4 Å². The highest BCUT2D eigenvalue weighted by Gasteiger charge is 2.14. The number of pyridine rings is 1. The second kappa shape index (κ2) is 9.19. The van der Waals surface area contributed by atoms with E-state index in [9.17, 15) is 10.1 Å². The summed E-state index contributed by atoms with van der Waals surface area (Å²) in [5, 5.41) is 15.1. The number of halogens is 2. The maximum atomic E-state index is 10.7. The summed E-state index contributed by atoms with van der Waals surface area (Å²) in [4.78, 5) is 14.1. The first-order valence-corrected chi connectivity index (χ1v) is 10.1. The van der Waals surface area contributed by atoms with Crippen molar-refractivity contribution in [1.82, 2.24) is 4.98 Å². The molecule has 0 fully saturated rings. The summed E-state index contributed by atoms with van der Waals surface area (Å²) in [7, 11) is 0. The first-order chi connectivity index (χ1) is 15.0. The predicted molar refractivity (Wildman–Crippen MR) is 118 cm³/mol. The standard InChI is InChI=1S/C20H14BrClN4O5/c21-15-5-13(8-24-25-19-4-2-14(9-23-19)26(27)28)6-16(22)20(15)29-10-12-1-3-17-18(7-12)31-11-30-17/h1-9H,10-11H2,(H,23,25)/b24-8+. The molecule has 4 rings (SSSR count). The predicted octanol–water partition coefficient (Wildman–Crippen LogP) is 5.16. The lowest BCUT2D eigenvalue weighted by molar-refractivity contribution is -0.385. The van der Waals surface area contributed by atoms with Gasteiger partial charge in [-0.3, -0.25) is 15.5 Å². The Kier molecular flexibility index (Phi) is 6.19. The van der Waals surface area contributed by atoms with Crippen LogP contribution in [0, 0.1) is 10.1 Å². The molecule has 0 spiro atoms. The van der Waals surface area contributed by atoms with Crippen LogP contribution in [-0.4, -0.2) is 22.9 Å². The zero-order chi connectivity index (χ0) is 21.8. The summed E-state index contributed by atoms with van der Waals surface area (Å²) in [5.74, 6) is 2.27. The number of rotatable bonds is 7. The minimum Gasteiger partial charge on any atom is -0.486 e. The van der Waals surface area contributed by atoms with Crippen molar-refractivity contribution in [2.24, 2.45) is 5.10 Å². The van der Waals surface area contributed by atoms with E-state index in [0.717, 1.165) is 11.8 Å². The first-order valence-electron chi connectivity index (χ1n) is 8.89. The number of nitrogens with one attached hydrogen (secondary N) is 1. The molecule has 0 amide bonds. The maximum Gasteiger partial charge on any atom is 0.287 e. The molecule has 0 saturated carbocycles. The summed E-state index contributed by atoms with van der Waals surface area (Å²) >= 11 is 9.85. The molecule has 158 valence electrons. The molecule has 2 heterocycles. The molecule has 1 aromatic heterocycles. The fourth-order valence-electron chi connectivity index (χ4n) is 2.71. The zero-order valence-corrected chi connectivity index (χ0v) is 18.1. The van der Waals surface area contributed by atoms with Gasteiger partial charge in [-0.1, -0.05) is 17.7 Å². The summed E-state index contributed by atoms with van der Waals surface area (Å²) < 4.78 is 17.2. The molecule has 0 saturated heterocycles. The van der Waals surface area contributed by atoms with E-state index in [1.54, 1.807) is 18.3 Å². The van der Waals surface area contributed by atoms with Gasteiger partial charge in [0.2, 0.25) is 6.79 Å². The van der Waals surface area contributed by atoms with Gasteiger partial charge in [-0.25, -0.2) is 4.98 Å². The Morgan fingerprint density at radius 3 is 2.84 bits per heavy atom. The second-order valence-corrected chi connectivity index (χ2v) is 7.58. The molecule has 0 aliphatic carbocycles. The third kappa shape index (κ3) is 5.04. The smallest absolute Gasteiger partial charge is 0.287 e. The number of nitrogens with zero attached hydrogens (tertiary/aromatic N) is 3. The number of ether oxygens (including phenoxy) is 3. The molecule has 31 heavy (non-hydrogen) atoms. The highest BCUT2D eigenvalue weighted by molar-refractivity contribution is 9.10. The number of hydrazone groups is 1. The normalized spacial score (nSPS) is 12.2. The fourth-order valence-corrected chi connectivity index (χ4v) is 3.70. The highest BCUT2D eigenvalue weighted by atomic mass is 79.9. The van der Waals surface area contributed by atoms with Crippen molar-refractivity contribution in [3.63, 3.8) is 0 Å². The van der Waals surface area contributed by atoms with E-state index < -0.39 is 4.92 Å². The van der Waals surface area contributed by atoms with Crippen LogP contribution in [0.15, 0.2) is 58.2 Å². The van der Waals surface area contributed by atoms with Crippen molar-refractivity contribution in [3.8, 4) is 17.2 Å². The molecule has 0 radical (unpaired) electrons. The second-order valence-electron chi connectivity index (χ2n) is 6.32. The van der Waals surface area contributed by atoms with E-state index >= 15 is 0 Å². The summed E-state index contributed by atoms with van der Waals surface area (Å²) in [6.45, 7) is 0.519. The van der Waals surface area contributed by atoms with E-state index in [-0.39, 0.29) is 12.5 Å². The molecular weight excluding hydrogens is 492 g/mol. The number of nitro groups is 1. The lowest BCUT2D eigenvalue weighted by atomic mass is 10.2. The molecule has 3 aromatic rings. The van der Waals surface area contributed by atoms with E-state index in [1.165, 1.54) is 12.1 Å². The van der Waals surface area contributed by atoms with E-state index in [2.05, 4.69) is 31.4 Å². The minimum atomic E-state index is -0.518. The van der Waals surface area contributed by atoms with Crippen LogP contribution in [0.4, 0.5) is 11.5 Å². The fraction of sp³-hybridized carbons (Fsp3) is 0.100. The van der Waals surface area contributed by atoms with Crippen molar-refractivity contribution < 1.29 is 19.1 Å². The van der Waals surface area contributed by atoms with E-state index in [0.29, 0.717) is 44.7 Å². The molecule has 9 nitrogen and oxygen atoms in total. The van der Waals surface area contributed by atoms with Crippen molar-refractivity contribution in [2.45, 2.75) is 6.61 Å². The molecule has 1 N–H and O–H groups in total. The SMILES string of the molecule is O=[N+]([O-])c1ccc(N/N=C/c2cc(Cl)c(OCc3ccc4c(c3)OCO4)c(Br)c2)nc1. The number of benzene rings is 2. The Bertz CT molecular complexity index is 1130. The Balaban J connectivity index is 1.39. The molecule has 11 heteroatoms. The quantitative estimate of drug-likeness (QED) is 0.268. The van der Waals surface area contributed by atoms with Crippen LogP contribution in [0.2, 0.25) is 5.02 Å². The number of anilines is 1. The average Bonchev–Trinajstić information content (AvgIpc) is 3.21. The Morgan fingerprint density at radius 1 is 1.26 bits per heavy atom. The average molecular weight is 506 g/mol. The third-order valence-corrected chi connectivity index (χ3v) is 5.06. The number of hydrogen-bond acceptors (Lipinski definition) is 8. The van der Waals surface area contributed by atoms with Gasteiger partial charge in [0.15, 0.2) is 17.2 Å². The summed E-state index contributed by atoms with van der Waals surface area (Å²) in [6, 6.07) is 11.9. The molecule has 0 bridgehead atoms. The van der Waals surface area contributed by atoms with Gasteiger partial charge in [-0.15, -0.1) is 0 Å². The van der Waals surface area contributed by atoms with Crippen LogP contribution in [0.25, 0.3) is 0 Å². The van der Waals surface area contributed by atoms with Crippen molar-refractivity contribution in [1.29, 1.82) is 0 Å². The van der Waals surface area contributed by atoms with Crippen LogP contribution in [-0.2, 0) is 6.61 Å². The lowest BCUT2D eigenvalue weighted by Gasteiger charge is -2.11. The van der Waals surface area contributed by atoms with Crippen molar-refractivity contribution >= 4 is 45.3 Å². The molecular formula is C20H14BrClN4O5. The summed E-state index contributed by atoms with van der Waals surface area (Å²) in [5.41, 5.74) is 4.23. The van der Waals surface area contributed by atoms with Crippen LogP contribution >= 0.6 is 27.5 Å². The van der Waals surface area contributed by atoms with Gasteiger partial charge in [-0.2, -0.15) is 5.10 Å². The molecule has 0 atom stereocenters. The van der Waals surface area contributed by atoms with Crippen LogP contribution in [0.1, 0.15) is 11.1 Å². The topological polar surface area (TPSA) is 108 Å². The maximum absolute atomic E-state index is 10.7. The lowest BCUT2D eigenvalue weighted by Crippen LogP contribution is -1.98. The Labute approximate surface area is 189 Å².